The zero-order valence-corrected chi connectivity index (χ0v) is 22.1. The van der Waals surface area contributed by atoms with Crippen molar-refractivity contribution in [3.8, 4) is 0 Å². The van der Waals surface area contributed by atoms with E-state index in [0.29, 0.717) is 0 Å². The fourth-order valence-electron chi connectivity index (χ4n) is 3.28. The molecule has 14 nitrogen and oxygen atoms in total. The lowest BCUT2D eigenvalue weighted by Gasteiger charge is -2.37. The third kappa shape index (κ3) is 9.43. The maximum atomic E-state index is 12.5. The lowest BCUT2D eigenvalue weighted by Crippen LogP contribution is -2.57. The van der Waals surface area contributed by atoms with Crippen molar-refractivity contribution >= 4 is 56.4 Å². The van der Waals surface area contributed by atoms with Crippen molar-refractivity contribution in [3.63, 3.8) is 0 Å². The summed E-state index contributed by atoms with van der Waals surface area (Å²) in [5.74, 6) is -6.43. The van der Waals surface area contributed by atoms with Crippen molar-refractivity contribution < 1.29 is 62.0 Å². The summed E-state index contributed by atoms with van der Waals surface area (Å²) in [6.45, 7) is 6.14. The maximum Gasteiger partial charge on any atom is 0.351 e. The average Bonchev–Trinajstić information content (AvgIpc) is 3.12. The number of carbonyl (C=O) groups is 6. The number of rotatable bonds is 12. The Balaban J connectivity index is 3.68. The monoisotopic (exact) mass is 581 g/mol. The van der Waals surface area contributed by atoms with Crippen molar-refractivity contribution in [1.82, 2.24) is 0 Å². The topological polar surface area (TPSA) is 179 Å². The Bertz CT molecular complexity index is 889. The first kappa shape index (κ1) is 30.8. The van der Waals surface area contributed by atoms with E-state index in [1.807, 2.05) is 0 Å². The van der Waals surface area contributed by atoms with Crippen LogP contribution in [0.2, 0.25) is 0 Å². The van der Waals surface area contributed by atoms with E-state index >= 15 is 0 Å². The molecule has 0 amide bonds. The molecule has 0 saturated carbocycles. The normalized spacial score (nSPS) is 19.8. The van der Waals surface area contributed by atoms with Crippen LogP contribution in [0.4, 0.5) is 0 Å². The van der Waals surface area contributed by atoms with Crippen LogP contribution in [-0.4, -0.2) is 84.2 Å². The standard InChI is InChI=1S/C21H28BrNO13/c1-7-30-21(29)18-15(20(22)23-36-18)17(34-12(5)27)19(35-13(6)28)16(33-11(4)26)14(32-10(3)25)8-31-9(2)24/h14-19H,7-8H2,1-6H3/t14-,15-,16+,17+,18+,19+/m1/s1. The minimum atomic E-state index is -1.71. The number of hydrogen-bond acceptors (Lipinski definition) is 14. The first-order valence-electron chi connectivity index (χ1n) is 10.7. The summed E-state index contributed by atoms with van der Waals surface area (Å²) in [7, 11) is 0. The highest BCUT2D eigenvalue weighted by molar-refractivity contribution is 9.18. The number of carbonyl (C=O) groups excluding carboxylic acids is 6. The van der Waals surface area contributed by atoms with E-state index in [0.717, 1.165) is 34.6 Å². The van der Waals surface area contributed by atoms with Gasteiger partial charge in [0.2, 0.25) is 6.10 Å². The zero-order chi connectivity index (χ0) is 27.6. The molecule has 0 aromatic carbocycles. The molecule has 15 heteroatoms. The summed E-state index contributed by atoms with van der Waals surface area (Å²) in [6, 6.07) is 0. The molecular weight excluding hydrogens is 554 g/mol. The summed E-state index contributed by atoms with van der Waals surface area (Å²) in [4.78, 5) is 77.1. The largest absolute Gasteiger partial charge is 0.463 e. The van der Waals surface area contributed by atoms with Crippen molar-refractivity contribution in [2.45, 2.75) is 72.1 Å². The van der Waals surface area contributed by atoms with Crippen LogP contribution < -0.4 is 0 Å². The van der Waals surface area contributed by atoms with E-state index in [-0.39, 0.29) is 11.2 Å². The van der Waals surface area contributed by atoms with Crippen LogP contribution in [0, 0.1) is 5.92 Å². The number of halogens is 1. The molecule has 0 aliphatic carbocycles. The van der Waals surface area contributed by atoms with Crippen LogP contribution in [0.3, 0.4) is 0 Å². The summed E-state index contributed by atoms with van der Waals surface area (Å²) in [6.07, 6.45) is -7.96. The van der Waals surface area contributed by atoms with Crippen LogP contribution in [0.25, 0.3) is 0 Å². The molecule has 0 N–H and O–H groups in total. The number of ether oxygens (including phenoxy) is 6. The highest BCUT2D eigenvalue weighted by Crippen LogP contribution is 2.33. The molecule has 0 fully saturated rings. The first-order chi connectivity index (χ1) is 16.8. The van der Waals surface area contributed by atoms with E-state index in [4.69, 9.17) is 33.3 Å². The first-order valence-corrected chi connectivity index (χ1v) is 11.5. The van der Waals surface area contributed by atoms with Crippen molar-refractivity contribution in [2.24, 2.45) is 11.1 Å². The van der Waals surface area contributed by atoms with Crippen molar-refractivity contribution in [1.29, 1.82) is 0 Å². The molecule has 36 heavy (non-hydrogen) atoms. The van der Waals surface area contributed by atoms with Crippen LogP contribution in [0.1, 0.15) is 41.5 Å². The molecule has 202 valence electrons. The second kappa shape index (κ2) is 14.4. The minimum absolute atomic E-state index is 0.0123. The fraction of sp³-hybridized carbons (Fsp3) is 0.667. The molecule has 1 heterocycles. The molecule has 0 aromatic heterocycles. The lowest BCUT2D eigenvalue weighted by molar-refractivity contribution is -0.207. The highest BCUT2D eigenvalue weighted by atomic mass is 79.9. The van der Waals surface area contributed by atoms with Gasteiger partial charge in [0.1, 0.15) is 17.1 Å². The molecule has 1 aliphatic heterocycles. The molecule has 1 rings (SSSR count). The van der Waals surface area contributed by atoms with E-state index in [1.54, 1.807) is 6.92 Å². The van der Waals surface area contributed by atoms with Gasteiger partial charge < -0.3 is 33.3 Å². The summed E-state index contributed by atoms with van der Waals surface area (Å²) < 4.78 is 31.2. The Kier molecular flexibility index (Phi) is 12.3. The Morgan fingerprint density at radius 3 is 1.81 bits per heavy atom. The minimum Gasteiger partial charge on any atom is -0.463 e. The fourth-order valence-corrected chi connectivity index (χ4v) is 3.87. The van der Waals surface area contributed by atoms with Gasteiger partial charge in [-0.05, 0) is 22.9 Å². The van der Waals surface area contributed by atoms with E-state index in [2.05, 4.69) is 21.1 Å². The number of esters is 6. The van der Waals surface area contributed by atoms with E-state index < -0.39 is 78.9 Å². The second-order valence-corrected chi connectivity index (χ2v) is 8.20. The highest BCUT2D eigenvalue weighted by Gasteiger charge is 2.54. The lowest BCUT2D eigenvalue weighted by atomic mass is 9.89. The number of nitrogens with zero attached hydrogens (tertiary/aromatic N) is 1. The summed E-state index contributed by atoms with van der Waals surface area (Å²) >= 11 is 3.14. The summed E-state index contributed by atoms with van der Waals surface area (Å²) in [5.41, 5.74) is 0. The quantitative estimate of drug-likeness (QED) is 0.230. The van der Waals surface area contributed by atoms with Crippen LogP contribution in [-0.2, 0) is 62.0 Å². The summed E-state index contributed by atoms with van der Waals surface area (Å²) in [5, 5.41) is 3.70. The number of oxime groups is 1. The van der Waals surface area contributed by atoms with Gasteiger partial charge >= 0.3 is 35.8 Å². The Morgan fingerprint density at radius 2 is 1.33 bits per heavy atom. The van der Waals surface area contributed by atoms with Gasteiger partial charge in [0, 0.05) is 34.6 Å². The van der Waals surface area contributed by atoms with E-state index in [1.165, 1.54) is 0 Å². The van der Waals surface area contributed by atoms with Gasteiger partial charge in [-0.2, -0.15) is 0 Å². The Labute approximate surface area is 215 Å². The predicted octanol–water partition coefficient (Wildman–Crippen LogP) is 0.563. The smallest absolute Gasteiger partial charge is 0.351 e. The van der Waals surface area contributed by atoms with Gasteiger partial charge in [0.15, 0.2) is 24.4 Å². The molecule has 6 atom stereocenters. The third-order valence-electron chi connectivity index (χ3n) is 4.42. The van der Waals surface area contributed by atoms with Gasteiger partial charge in [-0.1, -0.05) is 5.16 Å². The van der Waals surface area contributed by atoms with Gasteiger partial charge in [-0.3, -0.25) is 24.0 Å². The van der Waals surface area contributed by atoms with Gasteiger partial charge in [0.25, 0.3) is 0 Å². The second-order valence-electron chi connectivity index (χ2n) is 7.39. The Hall–Kier alpha value is -3.23. The van der Waals surface area contributed by atoms with Crippen LogP contribution in [0.15, 0.2) is 5.16 Å². The third-order valence-corrected chi connectivity index (χ3v) is 5.09. The van der Waals surface area contributed by atoms with Gasteiger partial charge in [0.05, 0.1) is 6.61 Å². The van der Waals surface area contributed by atoms with Crippen LogP contribution >= 0.6 is 15.9 Å². The van der Waals surface area contributed by atoms with Gasteiger partial charge in [-0.25, -0.2) is 4.79 Å². The molecule has 0 aromatic rings. The Morgan fingerprint density at radius 1 is 0.806 bits per heavy atom. The molecule has 0 radical (unpaired) electrons. The van der Waals surface area contributed by atoms with Gasteiger partial charge in [-0.15, -0.1) is 0 Å². The van der Waals surface area contributed by atoms with Crippen molar-refractivity contribution in [3.05, 3.63) is 0 Å². The van der Waals surface area contributed by atoms with Crippen molar-refractivity contribution in [2.75, 3.05) is 13.2 Å². The molecule has 0 spiro atoms. The molecule has 0 saturated heterocycles. The molecular formula is C21H28BrNO13. The van der Waals surface area contributed by atoms with Crippen LogP contribution in [0.5, 0.6) is 0 Å². The number of hydrogen-bond donors (Lipinski definition) is 0. The molecule has 0 bridgehead atoms. The maximum absolute atomic E-state index is 12.5. The van der Waals surface area contributed by atoms with E-state index in [9.17, 15) is 28.8 Å². The molecule has 1 aliphatic rings. The predicted molar refractivity (Wildman–Crippen MR) is 120 cm³/mol. The average molecular weight is 582 g/mol. The zero-order valence-electron chi connectivity index (χ0n) is 20.5. The molecule has 0 unspecified atom stereocenters. The SMILES string of the molecule is CCOC(=O)[C@H]1ON=C(Br)[C@@H]1[C@H](OC(C)=O)[C@@H](OC(C)=O)[C@@H](OC(C)=O)[C@@H](COC(C)=O)OC(C)=O.